The van der Waals surface area contributed by atoms with Gasteiger partial charge in [0.25, 0.3) is 5.95 Å². The number of fused-ring (bicyclic) bond motifs is 1. The minimum atomic E-state index is -1.30. The molecule has 4 rings (SSSR count). The number of amides is 1. The second kappa shape index (κ2) is 7.36. The first kappa shape index (κ1) is 19.2. The van der Waals surface area contributed by atoms with Crippen molar-refractivity contribution in [1.82, 2.24) is 29.3 Å². The number of aliphatic hydroxyl groups is 3. The Bertz CT molecular complexity index is 1050. The van der Waals surface area contributed by atoms with Crippen LogP contribution in [-0.4, -0.2) is 75.4 Å². The largest absolute Gasteiger partial charge is 0.394 e. The average Bonchev–Trinajstić information content (AvgIpc) is 3.39. The summed E-state index contributed by atoms with van der Waals surface area (Å²) in [6.45, 7) is -0.453. The van der Waals surface area contributed by atoms with Crippen molar-refractivity contribution in [3.05, 3.63) is 24.3 Å². The molecule has 4 heterocycles. The van der Waals surface area contributed by atoms with Crippen molar-refractivity contribution in [1.29, 1.82) is 0 Å². The van der Waals surface area contributed by atoms with E-state index in [1.165, 1.54) is 15.6 Å². The maximum absolute atomic E-state index is 10.9. The van der Waals surface area contributed by atoms with E-state index < -0.39 is 37.1 Å². The standard InChI is InChI=1S/C16H20N8O5/c17-9(26)2-1-7-3-20-24(4-7)16-21-13(18)10-14(22-16)23(6-19-10)15-12(28)11(27)8(5-25)29-15/h3-4,6,8,11-12,15,25,27-28H,1-2,5H2,(H2,17,26)(H2,18,21,22). The number of hydrogen-bond acceptors (Lipinski definition) is 10. The topological polar surface area (TPSA) is 200 Å². The average molecular weight is 404 g/mol. The van der Waals surface area contributed by atoms with Gasteiger partial charge in [-0.3, -0.25) is 9.36 Å². The minimum Gasteiger partial charge on any atom is -0.394 e. The highest BCUT2D eigenvalue weighted by Gasteiger charge is 2.44. The number of carbonyl (C=O) groups excluding carboxylic acids is 1. The van der Waals surface area contributed by atoms with Crippen LogP contribution in [0.2, 0.25) is 0 Å². The lowest BCUT2D eigenvalue weighted by Crippen LogP contribution is -2.33. The van der Waals surface area contributed by atoms with Gasteiger partial charge in [-0.15, -0.1) is 0 Å². The number of anilines is 1. The van der Waals surface area contributed by atoms with Crippen LogP contribution in [-0.2, 0) is 16.0 Å². The zero-order valence-electron chi connectivity index (χ0n) is 15.2. The second-order valence-corrected chi connectivity index (χ2v) is 6.72. The molecule has 0 radical (unpaired) electrons. The highest BCUT2D eigenvalue weighted by Crippen LogP contribution is 2.32. The summed E-state index contributed by atoms with van der Waals surface area (Å²) in [6, 6.07) is 0. The van der Waals surface area contributed by atoms with Gasteiger partial charge in [0, 0.05) is 12.6 Å². The molecule has 13 heteroatoms. The molecule has 4 atom stereocenters. The molecule has 3 aromatic rings. The number of nitrogens with zero attached hydrogens (tertiary/aromatic N) is 6. The smallest absolute Gasteiger partial charge is 0.254 e. The number of nitrogen functional groups attached to an aromatic ring is 1. The molecule has 1 amide bonds. The Kier molecular flexibility index (Phi) is 4.87. The lowest BCUT2D eigenvalue weighted by atomic mass is 10.1. The first-order chi connectivity index (χ1) is 13.9. The fraction of sp³-hybridized carbons (Fsp3) is 0.438. The predicted molar refractivity (Wildman–Crippen MR) is 97.4 cm³/mol. The van der Waals surface area contributed by atoms with Gasteiger partial charge < -0.3 is 31.5 Å². The monoisotopic (exact) mass is 404 g/mol. The highest BCUT2D eigenvalue weighted by molar-refractivity contribution is 5.82. The molecule has 0 bridgehead atoms. The molecule has 0 spiro atoms. The molecule has 3 aromatic heterocycles. The number of hydrogen-bond donors (Lipinski definition) is 5. The van der Waals surface area contributed by atoms with Crippen LogP contribution >= 0.6 is 0 Å². The summed E-state index contributed by atoms with van der Waals surface area (Å²) in [5.74, 6) is -0.180. The number of aryl methyl sites for hydroxylation is 1. The molecule has 4 unspecified atom stereocenters. The van der Waals surface area contributed by atoms with Gasteiger partial charge in [-0.2, -0.15) is 15.1 Å². The molecule has 0 aromatic carbocycles. The van der Waals surface area contributed by atoms with Crippen LogP contribution in [0.5, 0.6) is 0 Å². The third kappa shape index (κ3) is 3.40. The SMILES string of the molecule is NC(=O)CCc1cnn(-c2nc(N)c3ncn(C4OC(CO)C(O)C4O)c3n2)c1. The van der Waals surface area contributed by atoms with Gasteiger partial charge in [-0.1, -0.05) is 0 Å². The summed E-state index contributed by atoms with van der Waals surface area (Å²) in [5.41, 5.74) is 12.5. The van der Waals surface area contributed by atoms with Gasteiger partial charge in [0.05, 0.1) is 19.1 Å². The minimum absolute atomic E-state index is 0.0877. The summed E-state index contributed by atoms with van der Waals surface area (Å²) in [5, 5.41) is 33.8. The molecule has 1 fully saturated rings. The molecule has 7 N–H and O–H groups in total. The number of ether oxygens (including phenoxy) is 1. The van der Waals surface area contributed by atoms with Crippen molar-refractivity contribution in [2.75, 3.05) is 12.3 Å². The fourth-order valence-corrected chi connectivity index (χ4v) is 3.19. The maximum Gasteiger partial charge on any atom is 0.254 e. The quantitative estimate of drug-likeness (QED) is 0.295. The van der Waals surface area contributed by atoms with Crippen molar-refractivity contribution in [2.24, 2.45) is 5.73 Å². The molecular formula is C16H20N8O5. The molecule has 0 aliphatic carbocycles. The number of imidazole rings is 1. The molecule has 1 aliphatic heterocycles. The lowest BCUT2D eigenvalue weighted by Gasteiger charge is -2.16. The summed E-state index contributed by atoms with van der Waals surface area (Å²) < 4.78 is 8.34. The Hall–Kier alpha value is -3.13. The van der Waals surface area contributed by atoms with E-state index in [-0.39, 0.29) is 29.4 Å². The number of aromatic nitrogens is 6. The van der Waals surface area contributed by atoms with Gasteiger partial charge in [-0.05, 0) is 12.0 Å². The Balaban J connectivity index is 1.70. The van der Waals surface area contributed by atoms with Gasteiger partial charge >= 0.3 is 0 Å². The maximum atomic E-state index is 10.9. The number of primary amides is 1. The van der Waals surface area contributed by atoms with Crippen LogP contribution in [0.3, 0.4) is 0 Å². The van der Waals surface area contributed by atoms with Gasteiger partial charge in [-0.25, -0.2) is 9.67 Å². The van der Waals surface area contributed by atoms with E-state index in [2.05, 4.69) is 20.1 Å². The molecular weight excluding hydrogens is 384 g/mol. The third-order valence-electron chi connectivity index (χ3n) is 4.73. The van der Waals surface area contributed by atoms with Gasteiger partial charge in [0.15, 0.2) is 17.7 Å². The Morgan fingerprint density at radius 1 is 1.28 bits per heavy atom. The van der Waals surface area contributed by atoms with Crippen LogP contribution in [0, 0.1) is 0 Å². The number of rotatable bonds is 6. The van der Waals surface area contributed by atoms with Crippen molar-refractivity contribution in [3.8, 4) is 5.95 Å². The van der Waals surface area contributed by atoms with Crippen molar-refractivity contribution < 1.29 is 24.9 Å². The summed E-state index contributed by atoms with van der Waals surface area (Å²) >= 11 is 0. The van der Waals surface area contributed by atoms with Gasteiger partial charge in [0.1, 0.15) is 23.8 Å². The van der Waals surface area contributed by atoms with E-state index in [9.17, 15) is 20.1 Å². The normalized spacial score (nSPS) is 24.4. The summed E-state index contributed by atoms with van der Waals surface area (Å²) in [6.07, 6.45) is 0.671. The van der Waals surface area contributed by atoms with E-state index in [0.717, 1.165) is 5.56 Å². The predicted octanol–water partition coefficient (Wildman–Crippen LogP) is -2.38. The van der Waals surface area contributed by atoms with E-state index in [0.29, 0.717) is 6.42 Å². The van der Waals surface area contributed by atoms with Crippen molar-refractivity contribution in [3.63, 3.8) is 0 Å². The molecule has 1 saturated heterocycles. The first-order valence-electron chi connectivity index (χ1n) is 8.83. The molecule has 29 heavy (non-hydrogen) atoms. The van der Waals surface area contributed by atoms with Crippen LogP contribution in [0.25, 0.3) is 17.1 Å². The molecule has 1 aliphatic rings. The van der Waals surface area contributed by atoms with E-state index >= 15 is 0 Å². The van der Waals surface area contributed by atoms with E-state index in [1.54, 1.807) is 12.4 Å². The molecule has 0 saturated carbocycles. The van der Waals surface area contributed by atoms with E-state index in [1.807, 2.05) is 0 Å². The Morgan fingerprint density at radius 3 is 2.76 bits per heavy atom. The van der Waals surface area contributed by atoms with Crippen molar-refractivity contribution >= 4 is 22.9 Å². The Labute approximate surface area is 163 Å². The van der Waals surface area contributed by atoms with Gasteiger partial charge in [0.2, 0.25) is 5.91 Å². The number of aliphatic hydroxyl groups excluding tert-OH is 3. The van der Waals surface area contributed by atoms with Crippen LogP contribution in [0.4, 0.5) is 5.82 Å². The summed E-state index contributed by atoms with van der Waals surface area (Å²) in [7, 11) is 0. The van der Waals surface area contributed by atoms with Crippen LogP contribution < -0.4 is 11.5 Å². The third-order valence-corrected chi connectivity index (χ3v) is 4.73. The first-order valence-corrected chi connectivity index (χ1v) is 8.83. The highest BCUT2D eigenvalue weighted by atomic mass is 16.6. The zero-order valence-corrected chi connectivity index (χ0v) is 15.2. The van der Waals surface area contributed by atoms with Crippen molar-refractivity contribution in [2.45, 2.75) is 37.4 Å². The zero-order chi connectivity index (χ0) is 20.7. The Morgan fingerprint density at radius 2 is 2.07 bits per heavy atom. The van der Waals surface area contributed by atoms with E-state index in [4.69, 9.17) is 16.2 Å². The lowest BCUT2D eigenvalue weighted by molar-refractivity contribution is -0.117. The van der Waals surface area contributed by atoms with Crippen LogP contribution in [0.15, 0.2) is 18.7 Å². The van der Waals surface area contributed by atoms with Crippen LogP contribution in [0.1, 0.15) is 18.2 Å². The fourth-order valence-electron chi connectivity index (χ4n) is 3.19. The number of nitrogens with two attached hydrogens (primary N) is 2. The molecule has 13 nitrogen and oxygen atoms in total. The second-order valence-electron chi connectivity index (χ2n) is 6.72. The summed E-state index contributed by atoms with van der Waals surface area (Å²) in [4.78, 5) is 23.7. The molecule has 154 valence electrons. The number of carbonyl (C=O) groups is 1.